The van der Waals surface area contributed by atoms with E-state index in [2.05, 4.69) is 21.2 Å². The highest BCUT2D eigenvalue weighted by Crippen LogP contribution is 2.19. The lowest BCUT2D eigenvalue weighted by atomic mass is 10.1. The van der Waals surface area contributed by atoms with Gasteiger partial charge in [0.05, 0.1) is 0 Å². The molecule has 2 aromatic rings. The monoisotopic (exact) mass is 323 g/mol. The van der Waals surface area contributed by atoms with Crippen molar-refractivity contribution < 1.29 is 9.21 Å². The first-order chi connectivity index (χ1) is 8.76. The van der Waals surface area contributed by atoms with Gasteiger partial charge in [-0.15, -0.1) is 0 Å². The largest absolute Gasteiger partial charge is 0.422 e. The number of fused-ring (bicyclic) bond motifs is 1. The zero-order chi connectivity index (χ0) is 14.2. The molecule has 0 aliphatic heterocycles. The topological polar surface area (TPSA) is 59.3 Å². The Morgan fingerprint density at radius 3 is 2.58 bits per heavy atom. The van der Waals surface area contributed by atoms with E-state index in [0.717, 1.165) is 4.47 Å². The van der Waals surface area contributed by atoms with Crippen molar-refractivity contribution >= 4 is 32.8 Å². The summed E-state index contributed by atoms with van der Waals surface area (Å²) in [6, 6.07) is 6.81. The first-order valence-electron chi connectivity index (χ1n) is 5.82. The van der Waals surface area contributed by atoms with Crippen molar-refractivity contribution in [2.24, 2.45) is 0 Å². The molecule has 0 spiro atoms. The van der Waals surface area contributed by atoms with Gasteiger partial charge in [-0.2, -0.15) is 0 Å². The fraction of sp³-hybridized carbons (Fsp3) is 0.286. The molecule has 0 radical (unpaired) electrons. The van der Waals surface area contributed by atoms with Crippen LogP contribution in [0.4, 0.5) is 0 Å². The maximum absolute atomic E-state index is 12.0. The third-order valence-electron chi connectivity index (χ3n) is 2.43. The molecule has 1 N–H and O–H groups in total. The molecule has 1 aromatic carbocycles. The van der Waals surface area contributed by atoms with Gasteiger partial charge in [0.1, 0.15) is 11.1 Å². The second-order valence-corrected chi connectivity index (χ2v) is 6.25. The van der Waals surface area contributed by atoms with Crippen molar-refractivity contribution in [2.75, 3.05) is 0 Å². The lowest BCUT2D eigenvalue weighted by Crippen LogP contribution is -2.42. The minimum Gasteiger partial charge on any atom is -0.422 e. The summed E-state index contributed by atoms with van der Waals surface area (Å²) in [6.07, 6.45) is 0. The summed E-state index contributed by atoms with van der Waals surface area (Å²) in [5.41, 5.74) is -0.562. The SMILES string of the molecule is CC(C)(C)NC(=O)c1cc2cc(Br)ccc2oc1=O. The Bertz CT molecular complexity index is 698. The van der Waals surface area contributed by atoms with Crippen LogP contribution in [0.15, 0.2) is 37.9 Å². The first-order valence-corrected chi connectivity index (χ1v) is 6.61. The molecule has 0 aliphatic carbocycles. The summed E-state index contributed by atoms with van der Waals surface area (Å²) >= 11 is 3.34. The van der Waals surface area contributed by atoms with Crippen molar-refractivity contribution in [2.45, 2.75) is 26.3 Å². The maximum Gasteiger partial charge on any atom is 0.349 e. The lowest BCUT2D eigenvalue weighted by molar-refractivity contribution is 0.0916. The highest BCUT2D eigenvalue weighted by molar-refractivity contribution is 9.10. The molecule has 0 aliphatic rings. The van der Waals surface area contributed by atoms with Gasteiger partial charge in [-0.25, -0.2) is 4.79 Å². The van der Waals surface area contributed by atoms with Crippen LogP contribution in [0.1, 0.15) is 31.1 Å². The molecule has 4 nitrogen and oxygen atoms in total. The Morgan fingerprint density at radius 2 is 1.95 bits per heavy atom. The molecule has 0 bridgehead atoms. The van der Waals surface area contributed by atoms with Gasteiger partial charge >= 0.3 is 5.63 Å². The number of halogens is 1. The Morgan fingerprint density at radius 1 is 1.26 bits per heavy atom. The smallest absolute Gasteiger partial charge is 0.349 e. The van der Waals surface area contributed by atoms with E-state index < -0.39 is 17.1 Å². The minimum absolute atomic E-state index is 0.0144. The molecule has 19 heavy (non-hydrogen) atoms. The van der Waals surface area contributed by atoms with Crippen molar-refractivity contribution in [1.29, 1.82) is 0 Å². The molecular weight excluding hydrogens is 310 g/mol. The van der Waals surface area contributed by atoms with Gasteiger partial charge in [-0.3, -0.25) is 4.79 Å². The van der Waals surface area contributed by atoms with E-state index in [1.807, 2.05) is 20.8 Å². The summed E-state index contributed by atoms with van der Waals surface area (Å²) < 4.78 is 6.00. The van der Waals surface area contributed by atoms with Crippen LogP contribution in [-0.4, -0.2) is 11.4 Å². The molecule has 1 heterocycles. The molecule has 1 aromatic heterocycles. The van der Waals surface area contributed by atoms with Gasteiger partial charge in [-0.1, -0.05) is 15.9 Å². The van der Waals surface area contributed by atoms with Gasteiger partial charge in [0.2, 0.25) is 0 Å². The van der Waals surface area contributed by atoms with Crippen LogP contribution in [0.25, 0.3) is 11.0 Å². The van der Waals surface area contributed by atoms with Crippen LogP contribution in [0.3, 0.4) is 0 Å². The van der Waals surface area contributed by atoms with Crippen molar-refractivity contribution in [3.8, 4) is 0 Å². The molecule has 0 saturated carbocycles. The number of carbonyl (C=O) groups is 1. The Balaban J connectivity index is 2.52. The Hall–Kier alpha value is -1.62. The number of nitrogens with one attached hydrogen (secondary N) is 1. The van der Waals surface area contributed by atoms with Crippen LogP contribution in [0, 0.1) is 0 Å². The number of amides is 1. The fourth-order valence-corrected chi connectivity index (χ4v) is 2.04. The molecule has 2 rings (SSSR count). The number of hydrogen-bond acceptors (Lipinski definition) is 3. The Labute approximate surface area is 118 Å². The summed E-state index contributed by atoms with van der Waals surface area (Å²) in [6.45, 7) is 5.55. The third-order valence-corrected chi connectivity index (χ3v) is 2.92. The van der Waals surface area contributed by atoms with E-state index in [4.69, 9.17) is 4.42 Å². The average molecular weight is 324 g/mol. The van der Waals surface area contributed by atoms with E-state index in [1.165, 1.54) is 0 Å². The van der Waals surface area contributed by atoms with E-state index >= 15 is 0 Å². The van der Waals surface area contributed by atoms with Crippen LogP contribution in [0.2, 0.25) is 0 Å². The molecule has 1 amide bonds. The highest BCUT2D eigenvalue weighted by Gasteiger charge is 2.19. The van der Waals surface area contributed by atoms with Crippen LogP contribution in [-0.2, 0) is 0 Å². The Kier molecular flexibility index (Phi) is 3.49. The predicted octanol–water partition coefficient (Wildman–Crippen LogP) is 3.08. The summed E-state index contributed by atoms with van der Waals surface area (Å²) in [5.74, 6) is -0.428. The van der Waals surface area contributed by atoms with Crippen LogP contribution >= 0.6 is 15.9 Å². The van der Waals surface area contributed by atoms with E-state index in [0.29, 0.717) is 11.0 Å². The predicted molar refractivity (Wildman–Crippen MR) is 77.4 cm³/mol. The zero-order valence-electron chi connectivity index (χ0n) is 10.9. The molecule has 0 unspecified atom stereocenters. The van der Waals surface area contributed by atoms with Crippen LogP contribution in [0.5, 0.6) is 0 Å². The average Bonchev–Trinajstić information content (AvgIpc) is 2.26. The van der Waals surface area contributed by atoms with Gasteiger partial charge in [0.25, 0.3) is 5.91 Å². The minimum atomic E-state index is -0.628. The quantitative estimate of drug-likeness (QED) is 0.820. The molecule has 0 atom stereocenters. The highest BCUT2D eigenvalue weighted by atomic mass is 79.9. The summed E-state index contributed by atoms with van der Waals surface area (Å²) in [5, 5.41) is 3.45. The van der Waals surface area contributed by atoms with Gasteiger partial charge in [0, 0.05) is 15.4 Å². The van der Waals surface area contributed by atoms with Crippen molar-refractivity contribution in [3.63, 3.8) is 0 Å². The summed E-state index contributed by atoms with van der Waals surface area (Å²) in [4.78, 5) is 23.8. The third kappa shape index (κ3) is 3.23. The van der Waals surface area contributed by atoms with Gasteiger partial charge < -0.3 is 9.73 Å². The lowest BCUT2D eigenvalue weighted by Gasteiger charge is -2.20. The normalized spacial score (nSPS) is 11.6. The molecule has 5 heteroatoms. The van der Waals surface area contributed by atoms with E-state index in [-0.39, 0.29) is 5.56 Å². The van der Waals surface area contributed by atoms with Gasteiger partial charge in [0.15, 0.2) is 0 Å². The van der Waals surface area contributed by atoms with Gasteiger partial charge in [-0.05, 0) is 45.0 Å². The molecule has 0 saturated heterocycles. The van der Waals surface area contributed by atoms with E-state index in [9.17, 15) is 9.59 Å². The fourth-order valence-electron chi connectivity index (χ4n) is 1.66. The summed E-state index contributed by atoms with van der Waals surface area (Å²) in [7, 11) is 0. The van der Waals surface area contributed by atoms with Crippen molar-refractivity contribution in [3.05, 3.63) is 44.7 Å². The second kappa shape index (κ2) is 4.81. The number of carbonyl (C=O) groups excluding carboxylic acids is 1. The number of benzene rings is 1. The number of hydrogen-bond donors (Lipinski definition) is 1. The first kappa shape index (κ1) is 13.8. The number of rotatable bonds is 1. The second-order valence-electron chi connectivity index (χ2n) is 5.33. The molecular formula is C14H14BrNO3. The van der Waals surface area contributed by atoms with E-state index in [1.54, 1.807) is 24.3 Å². The standard InChI is InChI=1S/C14H14BrNO3/c1-14(2,3)16-12(17)10-7-8-6-9(15)4-5-11(8)19-13(10)18/h4-7H,1-3H3,(H,16,17). The maximum atomic E-state index is 12.0. The molecule has 100 valence electrons. The zero-order valence-corrected chi connectivity index (χ0v) is 12.5. The van der Waals surface area contributed by atoms with Crippen molar-refractivity contribution in [1.82, 2.24) is 5.32 Å². The molecule has 0 fully saturated rings. The van der Waals surface area contributed by atoms with Crippen LogP contribution < -0.4 is 10.9 Å².